The maximum Gasteiger partial charge on any atom is 0.239 e. The Labute approximate surface area is 97.0 Å². The number of benzene rings is 1. The lowest BCUT2D eigenvalue weighted by atomic mass is 9.85. The molecular weight excluding hydrogens is 200 g/mol. The summed E-state index contributed by atoms with van der Waals surface area (Å²) in [5.41, 5.74) is 7.44. The summed E-state index contributed by atoms with van der Waals surface area (Å²) >= 11 is 0. The average Bonchev–Trinajstić information content (AvgIpc) is 2.16. The molecule has 88 valence electrons. The first kappa shape index (κ1) is 12.6. The predicted molar refractivity (Wildman–Crippen MR) is 67.4 cm³/mol. The number of carbonyl (C=O) groups excluding carboxylic acids is 1. The van der Waals surface area contributed by atoms with E-state index >= 15 is 0 Å². The third kappa shape index (κ3) is 2.99. The van der Waals surface area contributed by atoms with E-state index in [1.54, 1.807) is 6.92 Å². The first-order chi connectivity index (χ1) is 7.32. The summed E-state index contributed by atoms with van der Waals surface area (Å²) in [7, 11) is 0. The van der Waals surface area contributed by atoms with Gasteiger partial charge in [0, 0.05) is 5.69 Å². The number of carbonyl (C=O) groups is 1. The summed E-state index contributed by atoms with van der Waals surface area (Å²) < 4.78 is 0. The van der Waals surface area contributed by atoms with Crippen molar-refractivity contribution in [1.82, 2.24) is 0 Å². The second-order valence-electron chi connectivity index (χ2n) is 5.06. The van der Waals surface area contributed by atoms with Gasteiger partial charge in [-0.05, 0) is 24.0 Å². The number of rotatable bonds is 3. The van der Waals surface area contributed by atoms with Crippen LogP contribution in [-0.4, -0.2) is 11.9 Å². The molecule has 1 unspecified atom stereocenters. The van der Waals surface area contributed by atoms with E-state index in [1.165, 1.54) is 5.56 Å². The summed E-state index contributed by atoms with van der Waals surface area (Å²) in [6.45, 7) is 8.19. The highest BCUT2D eigenvalue weighted by Crippen LogP contribution is 2.29. The molecule has 0 saturated carbocycles. The number of nitrogens with one attached hydrogen (secondary N) is 1. The fourth-order valence-corrected chi connectivity index (χ4v) is 1.57. The summed E-state index contributed by atoms with van der Waals surface area (Å²) in [6, 6.07) is 7.63. The normalized spacial score (nSPS) is 13.2. The quantitative estimate of drug-likeness (QED) is 0.821. The van der Waals surface area contributed by atoms with Crippen molar-refractivity contribution in [1.29, 1.82) is 0 Å². The number of hydrogen-bond acceptors (Lipinski definition) is 2. The summed E-state index contributed by atoms with van der Waals surface area (Å²) in [6.07, 6.45) is 0. The van der Waals surface area contributed by atoms with Crippen LogP contribution in [0.25, 0.3) is 0 Å². The number of primary amides is 1. The second-order valence-corrected chi connectivity index (χ2v) is 5.06. The van der Waals surface area contributed by atoms with Crippen LogP contribution in [0.4, 0.5) is 5.69 Å². The van der Waals surface area contributed by atoms with Crippen molar-refractivity contribution in [3.8, 4) is 0 Å². The zero-order chi connectivity index (χ0) is 12.3. The molecule has 1 amide bonds. The lowest BCUT2D eigenvalue weighted by Crippen LogP contribution is -2.33. The van der Waals surface area contributed by atoms with Gasteiger partial charge in [0.05, 0.1) is 0 Å². The predicted octanol–water partition coefficient (Wildman–Crippen LogP) is 2.27. The van der Waals surface area contributed by atoms with Crippen LogP contribution in [0.15, 0.2) is 24.3 Å². The minimum atomic E-state index is -0.358. The molecule has 3 N–H and O–H groups in total. The minimum absolute atomic E-state index is 0.0426. The number of anilines is 1. The molecule has 0 aliphatic carbocycles. The molecule has 0 aliphatic heterocycles. The van der Waals surface area contributed by atoms with Crippen molar-refractivity contribution in [2.75, 3.05) is 5.32 Å². The molecule has 0 spiro atoms. The van der Waals surface area contributed by atoms with Crippen molar-refractivity contribution >= 4 is 11.6 Å². The van der Waals surface area contributed by atoms with Gasteiger partial charge < -0.3 is 11.1 Å². The summed E-state index contributed by atoms with van der Waals surface area (Å²) in [4.78, 5) is 11.0. The van der Waals surface area contributed by atoms with Crippen molar-refractivity contribution < 1.29 is 4.79 Å². The molecular formula is C13H20N2O. The van der Waals surface area contributed by atoms with Crippen molar-refractivity contribution in [2.24, 2.45) is 5.73 Å². The van der Waals surface area contributed by atoms with E-state index in [1.807, 2.05) is 18.2 Å². The van der Waals surface area contributed by atoms with Gasteiger partial charge in [-0.3, -0.25) is 4.79 Å². The van der Waals surface area contributed by atoms with Gasteiger partial charge in [-0.1, -0.05) is 39.0 Å². The largest absolute Gasteiger partial charge is 0.374 e. The van der Waals surface area contributed by atoms with E-state index < -0.39 is 0 Å². The lowest BCUT2D eigenvalue weighted by molar-refractivity contribution is -0.118. The van der Waals surface area contributed by atoms with Crippen LogP contribution in [0.1, 0.15) is 33.3 Å². The topological polar surface area (TPSA) is 55.1 Å². The third-order valence-electron chi connectivity index (χ3n) is 2.53. The lowest BCUT2D eigenvalue weighted by Gasteiger charge is -2.24. The molecule has 1 rings (SSSR count). The SMILES string of the molecule is CC(Nc1ccccc1C(C)(C)C)C(N)=O. The maximum atomic E-state index is 11.0. The Balaban J connectivity index is 3.01. The van der Waals surface area contributed by atoms with E-state index in [-0.39, 0.29) is 17.4 Å². The number of hydrogen-bond donors (Lipinski definition) is 2. The molecule has 0 aromatic heterocycles. The maximum absolute atomic E-state index is 11.0. The van der Waals surface area contributed by atoms with E-state index in [2.05, 4.69) is 32.2 Å². The van der Waals surface area contributed by atoms with Gasteiger partial charge in [0.1, 0.15) is 6.04 Å². The molecule has 1 atom stereocenters. The second kappa shape index (κ2) is 4.56. The molecule has 3 nitrogen and oxygen atoms in total. The van der Waals surface area contributed by atoms with Crippen LogP contribution in [0, 0.1) is 0 Å². The smallest absolute Gasteiger partial charge is 0.239 e. The Bertz CT molecular complexity index is 380. The molecule has 0 heterocycles. The molecule has 0 radical (unpaired) electrons. The average molecular weight is 220 g/mol. The van der Waals surface area contributed by atoms with Crippen molar-refractivity contribution in [2.45, 2.75) is 39.2 Å². The number of para-hydroxylation sites is 1. The van der Waals surface area contributed by atoms with Gasteiger partial charge >= 0.3 is 0 Å². The van der Waals surface area contributed by atoms with Crippen LogP contribution in [0.2, 0.25) is 0 Å². The van der Waals surface area contributed by atoms with Crippen molar-refractivity contribution in [3.63, 3.8) is 0 Å². The molecule has 1 aromatic rings. The summed E-state index contributed by atoms with van der Waals surface area (Å²) in [5.74, 6) is -0.344. The van der Waals surface area contributed by atoms with Crippen LogP contribution in [0.3, 0.4) is 0 Å². The Morgan fingerprint density at radius 1 is 1.31 bits per heavy atom. The molecule has 3 heteroatoms. The van der Waals surface area contributed by atoms with E-state index in [0.29, 0.717) is 0 Å². The number of nitrogens with two attached hydrogens (primary N) is 1. The van der Waals surface area contributed by atoms with E-state index in [9.17, 15) is 4.79 Å². The zero-order valence-corrected chi connectivity index (χ0v) is 10.4. The third-order valence-corrected chi connectivity index (χ3v) is 2.53. The van der Waals surface area contributed by atoms with E-state index in [0.717, 1.165) is 5.69 Å². The van der Waals surface area contributed by atoms with Gasteiger partial charge in [0.2, 0.25) is 5.91 Å². The standard InChI is InChI=1S/C13H20N2O/c1-9(12(14)16)15-11-8-6-5-7-10(11)13(2,3)4/h5-9,15H,1-4H3,(H2,14,16). The van der Waals surface area contributed by atoms with Crippen LogP contribution in [0.5, 0.6) is 0 Å². The van der Waals surface area contributed by atoms with Crippen LogP contribution >= 0.6 is 0 Å². The fourth-order valence-electron chi connectivity index (χ4n) is 1.57. The Kier molecular flexibility index (Phi) is 3.58. The highest BCUT2D eigenvalue weighted by Gasteiger charge is 2.19. The van der Waals surface area contributed by atoms with Crippen LogP contribution in [-0.2, 0) is 10.2 Å². The fraction of sp³-hybridized carbons (Fsp3) is 0.462. The van der Waals surface area contributed by atoms with Gasteiger partial charge in [0.25, 0.3) is 0 Å². The first-order valence-electron chi connectivity index (χ1n) is 5.47. The van der Waals surface area contributed by atoms with Gasteiger partial charge in [-0.15, -0.1) is 0 Å². The minimum Gasteiger partial charge on any atom is -0.374 e. The Morgan fingerprint density at radius 2 is 1.88 bits per heavy atom. The van der Waals surface area contributed by atoms with Gasteiger partial charge in [0.15, 0.2) is 0 Å². The first-order valence-corrected chi connectivity index (χ1v) is 5.47. The molecule has 0 saturated heterocycles. The molecule has 0 fully saturated rings. The Morgan fingerprint density at radius 3 is 2.38 bits per heavy atom. The monoisotopic (exact) mass is 220 g/mol. The molecule has 1 aromatic carbocycles. The van der Waals surface area contributed by atoms with Gasteiger partial charge in [-0.2, -0.15) is 0 Å². The molecule has 0 bridgehead atoms. The zero-order valence-electron chi connectivity index (χ0n) is 10.4. The number of amides is 1. The van der Waals surface area contributed by atoms with E-state index in [4.69, 9.17) is 5.73 Å². The highest BCUT2D eigenvalue weighted by molar-refractivity contribution is 5.82. The molecule has 16 heavy (non-hydrogen) atoms. The van der Waals surface area contributed by atoms with Crippen molar-refractivity contribution in [3.05, 3.63) is 29.8 Å². The highest BCUT2D eigenvalue weighted by atomic mass is 16.1. The van der Waals surface area contributed by atoms with Crippen LogP contribution < -0.4 is 11.1 Å². The molecule has 0 aliphatic rings. The summed E-state index contributed by atoms with van der Waals surface area (Å²) in [5, 5.41) is 3.14. The van der Waals surface area contributed by atoms with Gasteiger partial charge in [-0.25, -0.2) is 0 Å². The Hall–Kier alpha value is -1.51.